The molecule has 0 aromatic heterocycles. The van der Waals surface area contributed by atoms with Crippen molar-refractivity contribution in [1.29, 1.82) is 0 Å². The Morgan fingerprint density at radius 3 is 2.56 bits per heavy atom. The molecule has 1 aromatic carbocycles. The molecule has 4 fully saturated rings. The van der Waals surface area contributed by atoms with Gasteiger partial charge in [-0.25, -0.2) is 15.1 Å². The summed E-state index contributed by atoms with van der Waals surface area (Å²) < 4.78 is 13.3. The van der Waals surface area contributed by atoms with Gasteiger partial charge in [0.1, 0.15) is 5.78 Å². The Labute approximate surface area is 268 Å². The van der Waals surface area contributed by atoms with Crippen LogP contribution >= 0.6 is 0 Å². The predicted molar refractivity (Wildman–Crippen MR) is 174 cm³/mol. The third kappa shape index (κ3) is 8.84. The van der Waals surface area contributed by atoms with Crippen molar-refractivity contribution in [3.8, 4) is 0 Å². The number of aliphatic imine (C=N–C) groups is 1. The number of unbranched alkanes of at least 4 members (excludes halogenated alkanes) is 1. The average Bonchev–Trinajstić information content (AvgIpc) is 3.33. The van der Waals surface area contributed by atoms with Gasteiger partial charge in [0.25, 0.3) is 5.96 Å². The molecule has 1 heterocycles. The molecule has 5 rings (SSSR count). The molecule has 0 radical (unpaired) electrons. The standard InChI is InChI=1S/C33H52BN5O6/c1-22(2)18-29(34-44-28-21-25-20-27(32(25,3)4)33(28,5)45-34)37-30(41)24(15-11-17-36-31(35)38-39(42)43)19-26(40)16-10-9-14-23-12-7-6-8-13-23/h6-8,12-13,22,24-25,27-29H,9-11,14-21H2,1-5H3,(H,37,41)(H3,35,36,38)/t24-,25+,27+,28-,29+,33+/m1/s1. The van der Waals surface area contributed by atoms with Crippen molar-refractivity contribution >= 4 is 24.8 Å². The number of rotatable bonds is 17. The maximum atomic E-state index is 13.8. The minimum Gasteiger partial charge on any atom is -0.404 e. The summed E-state index contributed by atoms with van der Waals surface area (Å²) >= 11 is 0. The van der Waals surface area contributed by atoms with Crippen LogP contribution in [0.3, 0.4) is 0 Å². The number of hydrazine groups is 1. The highest BCUT2D eigenvalue weighted by Gasteiger charge is 2.68. The number of Topliss-reactive ketones (excluding diaryl/α,β-unsaturated/α-hetero) is 1. The zero-order valence-electron chi connectivity index (χ0n) is 27.6. The van der Waals surface area contributed by atoms with E-state index in [1.165, 1.54) is 5.56 Å². The summed E-state index contributed by atoms with van der Waals surface area (Å²) in [7, 11) is -0.548. The van der Waals surface area contributed by atoms with Crippen molar-refractivity contribution in [2.24, 2.45) is 39.8 Å². The van der Waals surface area contributed by atoms with E-state index in [9.17, 15) is 19.7 Å². The second-order valence-electron chi connectivity index (χ2n) is 14.5. The van der Waals surface area contributed by atoms with Gasteiger partial charge in [-0.3, -0.25) is 9.59 Å². The first kappa shape index (κ1) is 34.9. The summed E-state index contributed by atoms with van der Waals surface area (Å²) in [6, 6.07) is 10.2. The van der Waals surface area contributed by atoms with Crippen LogP contribution in [0.25, 0.3) is 0 Å². The van der Waals surface area contributed by atoms with Crippen molar-refractivity contribution in [3.63, 3.8) is 0 Å². The van der Waals surface area contributed by atoms with E-state index in [0.717, 1.165) is 32.1 Å². The van der Waals surface area contributed by atoms with Crippen LogP contribution in [-0.4, -0.2) is 54.0 Å². The third-order valence-electron chi connectivity index (χ3n) is 10.4. The van der Waals surface area contributed by atoms with Gasteiger partial charge in [-0.15, -0.1) is 0 Å². The average molecular weight is 626 g/mol. The Morgan fingerprint density at radius 2 is 1.89 bits per heavy atom. The molecule has 1 amide bonds. The van der Waals surface area contributed by atoms with Crippen LogP contribution < -0.4 is 16.5 Å². The van der Waals surface area contributed by atoms with Gasteiger partial charge in [0.05, 0.1) is 17.6 Å². The number of carbonyl (C=O) groups is 2. The van der Waals surface area contributed by atoms with Crippen molar-refractivity contribution < 1.29 is 23.9 Å². The number of nitrogens with two attached hydrogens (primary N) is 1. The van der Waals surface area contributed by atoms with Crippen LogP contribution in [-0.2, 0) is 25.3 Å². The number of amides is 1. The molecule has 1 saturated heterocycles. The van der Waals surface area contributed by atoms with Crippen molar-refractivity contribution in [2.75, 3.05) is 6.54 Å². The first-order valence-corrected chi connectivity index (χ1v) is 16.7. The highest BCUT2D eigenvalue weighted by atomic mass is 16.7. The van der Waals surface area contributed by atoms with E-state index in [2.05, 4.69) is 57.1 Å². The van der Waals surface area contributed by atoms with E-state index in [-0.39, 0.29) is 53.7 Å². The SMILES string of the molecule is CC(C)C[C@H](NC(=O)[C@H](CCCN=C(N)N[N+](=O)[O-])CC(=O)CCCCc1ccccc1)B1O[C@@H]2C[C@@H]3C[C@@H](C3(C)C)[C@]2(C)O1. The number of ketones is 1. The van der Waals surface area contributed by atoms with Gasteiger partial charge in [0.15, 0.2) is 5.03 Å². The number of aryl methyl sites for hydroxylation is 1. The molecule has 4 N–H and O–H groups in total. The minimum atomic E-state index is -0.769. The molecule has 248 valence electrons. The summed E-state index contributed by atoms with van der Waals surface area (Å²) in [5, 5.41) is 13.1. The fourth-order valence-corrected chi connectivity index (χ4v) is 7.78. The molecule has 2 bridgehead atoms. The maximum absolute atomic E-state index is 13.8. The predicted octanol–water partition coefficient (Wildman–Crippen LogP) is 4.65. The lowest BCUT2D eigenvalue weighted by Gasteiger charge is -2.64. The summed E-state index contributed by atoms with van der Waals surface area (Å²) in [6.07, 6.45) is 6.76. The van der Waals surface area contributed by atoms with Gasteiger partial charge in [0.2, 0.25) is 5.91 Å². The van der Waals surface area contributed by atoms with Crippen LogP contribution in [0.5, 0.6) is 0 Å². The molecule has 11 nitrogen and oxygen atoms in total. The van der Waals surface area contributed by atoms with Gasteiger partial charge in [-0.2, -0.15) is 0 Å². The molecule has 12 heteroatoms. The third-order valence-corrected chi connectivity index (χ3v) is 10.4. The number of benzene rings is 1. The highest BCUT2D eigenvalue weighted by Crippen LogP contribution is 2.65. The van der Waals surface area contributed by atoms with Crippen molar-refractivity contribution in [2.45, 2.75) is 116 Å². The van der Waals surface area contributed by atoms with Gasteiger partial charge in [0, 0.05) is 25.3 Å². The zero-order valence-corrected chi connectivity index (χ0v) is 27.6. The van der Waals surface area contributed by atoms with Gasteiger partial charge < -0.3 is 20.4 Å². The first-order valence-electron chi connectivity index (χ1n) is 16.7. The summed E-state index contributed by atoms with van der Waals surface area (Å²) in [5.74, 6) is -0.0150. The lowest BCUT2D eigenvalue weighted by Crippen LogP contribution is -2.65. The summed E-state index contributed by atoms with van der Waals surface area (Å²) in [6.45, 7) is 11.2. The van der Waals surface area contributed by atoms with Crippen molar-refractivity contribution in [3.05, 3.63) is 46.0 Å². The summed E-state index contributed by atoms with van der Waals surface area (Å²) in [4.78, 5) is 41.6. The molecule has 0 spiro atoms. The number of nitro groups is 1. The number of nitrogens with one attached hydrogen (secondary N) is 2. The minimum absolute atomic E-state index is 0.00944. The fraction of sp³-hybridized carbons (Fsp3) is 0.727. The molecule has 1 aliphatic heterocycles. The van der Waals surface area contributed by atoms with Crippen molar-refractivity contribution in [1.82, 2.24) is 10.7 Å². The van der Waals surface area contributed by atoms with Gasteiger partial charge in [-0.1, -0.05) is 63.5 Å². The Balaban J connectivity index is 1.38. The molecule has 45 heavy (non-hydrogen) atoms. The van der Waals surface area contributed by atoms with E-state index in [1.54, 1.807) is 0 Å². The maximum Gasteiger partial charge on any atom is 0.481 e. The molecule has 4 aliphatic rings. The molecule has 1 aromatic rings. The highest BCUT2D eigenvalue weighted by molar-refractivity contribution is 6.47. The van der Waals surface area contributed by atoms with Crippen LogP contribution in [0.15, 0.2) is 35.3 Å². The smallest absolute Gasteiger partial charge is 0.404 e. The Hall–Kier alpha value is -2.99. The van der Waals surface area contributed by atoms with Crippen LogP contribution in [0, 0.1) is 39.2 Å². The van der Waals surface area contributed by atoms with E-state index in [0.29, 0.717) is 43.4 Å². The molecule has 3 saturated carbocycles. The monoisotopic (exact) mass is 625 g/mol. The van der Waals surface area contributed by atoms with E-state index in [4.69, 9.17) is 15.0 Å². The van der Waals surface area contributed by atoms with E-state index in [1.807, 2.05) is 23.6 Å². The Morgan fingerprint density at radius 1 is 1.16 bits per heavy atom. The lowest BCUT2D eigenvalue weighted by atomic mass is 9.43. The number of carbonyl (C=O) groups excluding carboxylic acids is 2. The normalized spacial score (nSPS) is 26.5. The number of hydrogen-bond donors (Lipinski definition) is 3. The molecule has 6 atom stereocenters. The molecular formula is C33H52BN5O6. The fourth-order valence-electron chi connectivity index (χ4n) is 7.78. The van der Waals surface area contributed by atoms with Gasteiger partial charge >= 0.3 is 7.12 Å². The largest absolute Gasteiger partial charge is 0.481 e. The molecular weight excluding hydrogens is 573 g/mol. The van der Waals surface area contributed by atoms with E-state index >= 15 is 0 Å². The van der Waals surface area contributed by atoms with Crippen LogP contribution in [0.2, 0.25) is 0 Å². The number of hydrogen-bond acceptors (Lipinski definition) is 7. The number of nitrogens with zero attached hydrogens (tertiary/aromatic N) is 2. The lowest BCUT2D eigenvalue weighted by molar-refractivity contribution is -0.525. The Bertz CT molecular complexity index is 1210. The zero-order chi connectivity index (χ0) is 32.8. The number of guanidine groups is 1. The first-order chi connectivity index (χ1) is 21.3. The second kappa shape index (κ2) is 15.1. The topological polar surface area (TPSA) is 158 Å². The molecule has 3 aliphatic carbocycles. The Kier molecular flexibility index (Phi) is 11.7. The van der Waals surface area contributed by atoms with E-state index < -0.39 is 18.1 Å². The van der Waals surface area contributed by atoms with Gasteiger partial charge in [-0.05, 0) is 87.0 Å². The van der Waals surface area contributed by atoms with Crippen LogP contribution in [0.1, 0.15) is 98.0 Å². The quantitative estimate of drug-likeness (QED) is 0.0564. The summed E-state index contributed by atoms with van der Waals surface area (Å²) in [5.41, 5.74) is 8.46. The molecule has 0 unspecified atom stereocenters. The van der Waals surface area contributed by atoms with Crippen LogP contribution in [0.4, 0.5) is 0 Å². The second-order valence-corrected chi connectivity index (χ2v) is 14.5.